The largest absolute Gasteiger partial charge is 0.507 e. The van der Waals surface area contributed by atoms with E-state index in [1.807, 2.05) is 42.5 Å². The van der Waals surface area contributed by atoms with Gasteiger partial charge in [0, 0.05) is 24.7 Å². The first-order chi connectivity index (χ1) is 20.0. The van der Waals surface area contributed by atoms with Crippen molar-refractivity contribution in [2.45, 2.75) is 13.1 Å². The Bertz CT molecular complexity index is 1810. The number of amides is 1. The fraction of sp³-hybridized carbons (Fsp3) is 0.0968. The zero-order valence-corrected chi connectivity index (χ0v) is 23.3. The van der Waals surface area contributed by atoms with E-state index in [4.69, 9.17) is 4.74 Å². The average molecular weight is 610 g/mol. The molecule has 0 unspecified atom stereocenters. The summed E-state index contributed by atoms with van der Waals surface area (Å²) in [6.45, 7) is 0.845. The number of carbonyl (C=O) groups excluding carboxylic acids is 2. The van der Waals surface area contributed by atoms with Gasteiger partial charge < -0.3 is 20.5 Å². The number of carbonyl (C=O) groups is 2. The molecule has 10 heteroatoms. The molecule has 6 rings (SSSR count). The van der Waals surface area contributed by atoms with Gasteiger partial charge >= 0.3 is 0 Å². The van der Waals surface area contributed by atoms with E-state index >= 15 is 0 Å². The quantitative estimate of drug-likeness (QED) is 0.229. The fourth-order valence-electron chi connectivity index (χ4n) is 4.51. The number of rotatable bonds is 7. The third-order valence-corrected chi connectivity index (χ3v) is 7.25. The molecule has 41 heavy (non-hydrogen) atoms. The smallest absolute Gasteiger partial charge is 0.251 e. The van der Waals surface area contributed by atoms with E-state index in [1.165, 1.54) is 6.08 Å². The van der Waals surface area contributed by atoms with E-state index in [2.05, 4.69) is 36.6 Å². The number of ketones is 1. The highest BCUT2D eigenvalue weighted by Gasteiger charge is 2.20. The van der Waals surface area contributed by atoms with Crippen molar-refractivity contribution in [1.29, 1.82) is 0 Å². The Kier molecular flexibility index (Phi) is 7.22. The van der Waals surface area contributed by atoms with Crippen LogP contribution in [0.2, 0.25) is 0 Å². The fourth-order valence-corrected chi connectivity index (χ4v) is 4.86. The molecule has 204 valence electrons. The lowest BCUT2D eigenvalue weighted by molar-refractivity contribution is -0.118. The minimum atomic E-state index is -0.343. The van der Waals surface area contributed by atoms with E-state index in [1.54, 1.807) is 47.1 Å². The highest BCUT2D eigenvalue weighted by molar-refractivity contribution is 9.10. The molecule has 0 spiro atoms. The van der Waals surface area contributed by atoms with Crippen LogP contribution in [0.4, 0.5) is 5.82 Å². The maximum Gasteiger partial charge on any atom is 0.251 e. The number of aromatic hydroxyl groups is 1. The predicted octanol–water partition coefficient (Wildman–Crippen LogP) is 5.29. The van der Waals surface area contributed by atoms with Gasteiger partial charge in [-0.3, -0.25) is 9.59 Å². The molecule has 3 N–H and O–H groups in total. The van der Waals surface area contributed by atoms with Crippen LogP contribution in [0.3, 0.4) is 0 Å². The highest BCUT2D eigenvalue weighted by atomic mass is 79.9. The number of phenolic OH excluding ortho intramolecular Hbond substituents is 1. The number of allylic oxidation sites excluding steroid dienone is 1. The van der Waals surface area contributed by atoms with Crippen LogP contribution in [-0.2, 0) is 17.9 Å². The van der Waals surface area contributed by atoms with Crippen LogP contribution in [0.5, 0.6) is 11.5 Å². The zero-order valence-electron chi connectivity index (χ0n) is 21.7. The summed E-state index contributed by atoms with van der Waals surface area (Å²) in [6.07, 6.45) is 3.02. The summed E-state index contributed by atoms with van der Waals surface area (Å²) in [7, 11) is 0. The Hall–Kier alpha value is -4.96. The molecule has 3 aromatic carbocycles. The second-order valence-corrected chi connectivity index (χ2v) is 10.3. The summed E-state index contributed by atoms with van der Waals surface area (Å²) in [5, 5.41) is 21.0. The molecular formula is C31H24BrN5O4. The lowest BCUT2D eigenvalue weighted by Gasteiger charge is -2.12. The number of anilines is 1. The molecule has 1 amide bonds. The Labute approximate surface area is 243 Å². The van der Waals surface area contributed by atoms with Gasteiger partial charge in [0.15, 0.2) is 11.4 Å². The SMILES string of the molecule is O=C(NCc1ccc(CNc2cc(-c3ccccc3O)nc3c(Br)cnn23)cc1)C1=CC(=O)c2ccccc2OC1. The molecule has 9 nitrogen and oxygen atoms in total. The lowest BCUT2D eigenvalue weighted by atomic mass is 10.1. The highest BCUT2D eigenvalue weighted by Crippen LogP contribution is 2.31. The van der Waals surface area contributed by atoms with Crippen LogP contribution in [-0.4, -0.2) is 38.0 Å². The summed E-state index contributed by atoms with van der Waals surface area (Å²) in [5.41, 5.74) is 4.52. The van der Waals surface area contributed by atoms with Gasteiger partial charge in [-0.15, -0.1) is 0 Å². The Morgan fingerprint density at radius 2 is 1.68 bits per heavy atom. The van der Waals surface area contributed by atoms with Crippen LogP contribution in [0, 0.1) is 0 Å². The van der Waals surface area contributed by atoms with E-state index in [0.29, 0.717) is 47.1 Å². The van der Waals surface area contributed by atoms with E-state index in [-0.39, 0.29) is 29.6 Å². The van der Waals surface area contributed by atoms with Gasteiger partial charge in [-0.1, -0.05) is 48.5 Å². The van der Waals surface area contributed by atoms with Gasteiger partial charge in [-0.05, 0) is 57.4 Å². The van der Waals surface area contributed by atoms with E-state index in [0.717, 1.165) is 15.6 Å². The van der Waals surface area contributed by atoms with Crippen molar-refractivity contribution in [3.05, 3.63) is 118 Å². The third-order valence-electron chi connectivity index (χ3n) is 6.69. The Balaban J connectivity index is 1.11. The molecule has 0 fully saturated rings. The standard InChI is InChI=1S/C31H24BrN5O4/c32-24-17-35-37-29(14-25(36-30(24)37)22-5-1-3-7-26(22)38)33-15-19-9-11-20(12-10-19)16-34-31(40)21-13-27(39)23-6-2-4-8-28(23)41-18-21/h1-14,17,33,38H,15-16,18H2,(H,34,40). The maximum atomic E-state index is 12.8. The number of benzene rings is 3. The monoisotopic (exact) mass is 609 g/mol. The number of nitrogens with zero attached hydrogens (tertiary/aromatic N) is 3. The average Bonchev–Trinajstić information content (AvgIpc) is 3.28. The number of fused-ring (bicyclic) bond motifs is 2. The number of hydrogen-bond acceptors (Lipinski definition) is 7. The van der Waals surface area contributed by atoms with E-state index in [9.17, 15) is 14.7 Å². The van der Waals surface area contributed by atoms with Crippen molar-refractivity contribution >= 4 is 39.1 Å². The maximum absolute atomic E-state index is 12.8. The molecule has 1 aliphatic heterocycles. The molecule has 0 saturated carbocycles. The van der Waals surface area contributed by atoms with Crippen molar-refractivity contribution in [1.82, 2.24) is 19.9 Å². The van der Waals surface area contributed by atoms with Crippen molar-refractivity contribution in [3.8, 4) is 22.8 Å². The van der Waals surface area contributed by atoms with Gasteiger partial charge in [-0.2, -0.15) is 9.61 Å². The zero-order chi connectivity index (χ0) is 28.3. The van der Waals surface area contributed by atoms with Crippen LogP contribution in [0.25, 0.3) is 16.9 Å². The number of halogens is 1. The van der Waals surface area contributed by atoms with Gasteiger partial charge in [0.1, 0.15) is 23.9 Å². The minimum Gasteiger partial charge on any atom is -0.507 e. The summed E-state index contributed by atoms with van der Waals surface area (Å²) in [5.74, 6) is 0.743. The molecule has 0 bridgehead atoms. The number of phenols is 1. The Morgan fingerprint density at radius 1 is 0.976 bits per heavy atom. The van der Waals surface area contributed by atoms with Crippen LogP contribution in [0.1, 0.15) is 21.5 Å². The lowest BCUT2D eigenvalue weighted by Crippen LogP contribution is -2.27. The van der Waals surface area contributed by atoms with Crippen molar-refractivity contribution in [2.24, 2.45) is 0 Å². The van der Waals surface area contributed by atoms with Gasteiger partial charge in [-0.25, -0.2) is 4.98 Å². The molecule has 5 aromatic rings. The summed E-state index contributed by atoms with van der Waals surface area (Å²) in [4.78, 5) is 29.9. The number of nitrogens with one attached hydrogen (secondary N) is 2. The number of aromatic nitrogens is 3. The minimum absolute atomic E-state index is 0.0277. The first-order valence-electron chi connectivity index (χ1n) is 12.9. The normalized spacial score (nSPS) is 12.7. The second kappa shape index (κ2) is 11.3. The molecule has 1 aliphatic rings. The molecule has 0 saturated heterocycles. The van der Waals surface area contributed by atoms with Gasteiger partial charge in [0.05, 0.1) is 27.5 Å². The number of para-hydroxylation sites is 2. The van der Waals surface area contributed by atoms with Crippen LogP contribution >= 0.6 is 15.9 Å². The molecule has 0 atom stereocenters. The first-order valence-corrected chi connectivity index (χ1v) is 13.6. The summed E-state index contributed by atoms with van der Waals surface area (Å²) >= 11 is 3.50. The molecule has 2 aromatic heterocycles. The topological polar surface area (TPSA) is 118 Å². The molecule has 0 aliphatic carbocycles. The molecule has 0 radical (unpaired) electrons. The first kappa shape index (κ1) is 26.3. The van der Waals surface area contributed by atoms with Crippen molar-refractivity contribution in [3.63, 3.8) is 0 Å². The molecular weight excluding hydrogens is 586 g/mol. The van der Waals surface area contributed by atoms with Gasteiger partial charge in [0.25, 0.3) is 5.91 Å². The van der Waals surface area contributed by atoms with E-state index < -0.39 is 0 Å². The van der Waals surface area contributed by atoms with Crippen LogP contribution < -0.4 is 15.4 Å². The molecule has 3 heterocycles. The van der Waals surface area contributed by atoms with Crippen LogP contribution in [0.15, 0.2) is 101 Å². The Morgan fingerprint density at radius 3 is 2.46 bits per heavy atom. The third kappa shape index (κ3) is 5.55. The number of hydrogen-bond donors (Lipinski definition) is 3. The summed E-state index contributed by atoms with van der Waals surface area (Å²) < 4.78 is 8.11. The van der Waals surface area contributed by atoms with Crippen molar-refractivity contribution < 1.29 is 19.4 Å². The number of ether oxygens (including phenoxy) is 1. The summed E-state index contributed by atoms with van der Waals surface area (Å²) in [6, 6.07) is 23.7. The second-order valence-electron chi connectivity index (χ2n) is 9.44. The van der Waals surface area contributed by atoms with Crippen molar-refractivity contribution in [2.75, 3.05) is 11.9 Å². The predicted molar refractivity (Wildman–Crippen MR) is 158 cm³/mol. The van der Waals surface area contributed by atoms with Gasteiger partial charge in [0.2, 0.25) is 0 Å².